The lowest BCUT2D eigenvalue weighted by atomic mass is 9.92. The lowest BCUT2D eigenvalue weighted by Crippen LogP contribution is -2.45. The number of piperidine rings is 1. The van der Waals surface area contributed by atoms with Crippen LogP contribution in [0.15, 0.2) is 42.5 Å². The van der Waals surface area contributed by atoms with E-state index < -0.39 is 26.4 Å². The van der Waals surface area contributed by atoms with Crippen LogP contribution in [-0.4, -0.2) is 42.8 Å². The zero-order valence-corrected chi connectivity index (χ0v) is 19.2. The molecule has 8 nitrogen and oxygen atoms in total. The van der Waals surface area contributed by atoms with Crippen molar-refractivity contribution in [3.05, 3.63) is 68.7 Å². The number of alkyl halides is 3. The number of nitriles is 1. The Morgan fingerprint density at radius 2 is 1.76 bits per heavy atom. The molecule has 2 aromatic rings. The Balaban J connectivity index is 1.74. The van der Waals surface area contributed by atoms with E-state index in [1.54, 1.807) is 24.3 Å². The molecule has 1 heterocycles. The average Bonchev–Trinajstić information content (AvgIpc) is 2.79. The SMILES string of the molecule is N#CC(c1ccc(Cl)cc1)c1ccc([N+](=O)[O-])c(NCC2CCN(S(=O)(=O)C(F)(F)F)CC2)c1. The van der Waals surface area contributed by atoms with Crippen molar-refractivity contribution in [2.24, 2.45) is 5.92 Å². The van der Waals surface area contributed by atoms with Gasteiger partial charge in [-0.2, -0.15) is 22.7 Å². The number of hydrogen-bond donors (Lipinski definition) is 1. The van der Waals surface area contributed by atoms with Gasteiger partial charge in [-0.1, -0.05) is 29.8 Å². The van der Waals surface area contributed by atoms with Crippen molar-refractivity contribution in [3.63, 3.8) is 0 Å². The van der Waals surface area contributed by atoms with E-state index in [9.17, 15) is 37.0 Å². The predicted octanol–water partition coefficient (Wildman–Crippen LogP) is 4.88. The van der Waals surface area contributed by atoms with Gasteiger partial charge in [0, 0.05) is 30.7 Å². The maximum atomic E-state index is 12.7. The Labute approximate surface area is 199 Å². The minimum Gasteiger partial charge on any atom is -0.379 e. The Bertz CT molecular complexity index is 1190. The molecule has 13 heteroatoms. The molecule has 1 atom stereocenters. The van der Waals surface area contributed by atoms with Gasteiger partial charge < -0.3 is 5.32 Å². The molecule has 2 aromatic carbocycles. The van der Waals surface area contributed by atoms with Crippen LogP contribution in [0.5, 0.6) is 0 Å². The molecule has 1 aliphatic rings. The Kier molecular flexibility index (Phi) is 7.70. The first-order chi connectivity index (χ1) is 15.9. The molecular weight excluding hydrogens is 497 g/mol. The van der Waals surface area contributed by atoms with Crippen molar-refractivity contribution in [1.29, 1.82) is 5.26 Å². The molecule has 1 saturated heterocycles. The Hall–Kier alpha value is -2.88. The van der Waals surface area contributed by atoms with E-state index in [4.69, 9.17) is 11.6 Å². The molecule has 1 unspecified atom stereocenters. The summed E-state index contributed by atoms with van der Waals surface area (Å²) in [6.07, 6.45) is 0.336. The second-order valence-electron chi connectivity index (χ2n) is 7.82. The third kappa shape index (κ3) is 5.60. The second-order valence-corrected chi connectivity index (χ2v) is 10.2. The molecule has 0 aliphatic carbocycles. The van der Waals surface area contributed by atoms with E-state index in [2.05, 4.69) is 11.4 Å². The van der Waals surface area contributed by atoms with Crippen LogP contribution in [-0.2, 0) is 10.0 Å². The third-order valence-electron chi connectivity index (χ3n) is 5.67. The fourth-order valence-corrected chi connectivity index (χ4v) is 4.90. The van der Waals surface area contributed by atoms with Gasteiger partial charge in [0.25, 0.3) is 5.69 Å². The number of halogens is 4. The first-order valence-corrected chi connectivity index (χ1v) is 12.0. The van der Waals surface area contributed by atoms with Crippen LogP contribution in [0, 0.1) is 27.4 Å². The predicted molar refractivity (Wildman–Crippen MR) is 120 cm³/mol. The van der Waals surface area contributed by atoms with Crippen LogP contribution >= 0.6 is 11.6 Å². The minimum atomic E-state index is -5.37. The number of nitro benzene ring substituents is 1. The van der Waals surface area contributed by atoms with Crippen LogP contribution < -0.4 is 5.32 Å². The van der Waals surface area contributed by atoms with Crippen molar-refractivity contribution < 1.29 is 26.5 Å². The standard InChI is InChI=1S/C21H20ClF3N4O4S/c22-17-4-1-15(2-5-17)18(12-26)16-3-6-20(29(30)31)19(11-16)27-13-14-7-9-28(10-8-14)34(32,33)21(23,24)25/h1-6,11,14,18,27H,7-10,13H2. The summed E-state index contributed by atoms with van der Waals surface area (Å²) in [4.78, 5) is 10.9. The largest absolute Gasteiger partial charge is 0.511 e. The maximum absolute atomic E-state index is 12.7. The first-order valence-electron chi connectivity index (χ1n) is 10.2. The summed E-state index contributed by atoms with van der Waals surface area (Å²) in [5.74, 6) is -0.889. The van der Waals surface area contributed by atoms with Crippen LogP contribution in [0.3, 0.4) is 0 Å². The Morgan fingerprint density at radius 3 is 2.29 bits per heavy atom. The molecule has 0 bridgehead atoms. The monoisotopic (exact) mass is 516 g/mol. The number of benzene rings is 2. The number of rotatable bonds is 7. The normalized spacial score (nSPS) is 16.6. The highest BCUT2D eigenvalue weighted by Crippen LogP contribution is 2.34. The van der Waals surface area contributed by atoms with Gasteiger partial charge in [0.05, 0.1) is 16.9 Å². The molecule has 0 spiro atoms. The lowest BCUT2D eigenvalue weighted by Gasteiger charge is -2.31. The van der Waals surface area contributed by atoms with Crippen molar-refractivity contribution in [2.75, 3.05) is 25.0 Å². The minimum absolute atomic E-state index is 0.168. The molecule has 1 N–H and O–H groups in total. The number of anilines is 1. The fourth-order valence-electron chi connectivity index (χ4n) is 3.79. The molecule has 34 heavy (non-hydrogen) atoms. The summed E-state index contributed by atoms with van der Waals surface area (Å²) in [5, 5.41) is 24.6. The fraction of sp³-hybridized carbons (Fsp3) is 0.381. The van der Waals surface area contributed by atoms with Crippen LogP contribution in [0.1, 0.15) is 29.9 Å². The molecule has 1 aliphatic heterocycles. The van der Waals surface area contributed by atoms with Gasteiger partial charge in [0.1, 0.15) is 5.69 Å². The van der Waals surface area contributed by atoms with Crippen molar-refractivity contribution in [2.45, 2.75) is 24.3 Å². The molecule has 182 valence electrons. The van der Waals surface area contributed by atoms with Crippen molar-refractivity contribution in [1.82, 2.24) is 4.31 Å². The quantitative estimate of drug-likeness (QED) is 0.414. The zero-order chi connectivity index (χ0) is 25.1. The van der Waals surface area contributed by atoms with Crippen molar-refractivity contribution >= 4 is 33.0 Å². The van der Waals surface area contributed by atoms with Gasteiger partial charge >= 0.3 is 15.5 Å². The smallest absolute Gasteiger partial charge is 0.379 e. The topological polar surface area (TPSA) is 116 Å². The number of nitrogens with one attached hydrogen (secondary N) is 1. The number of nitro groups is 1. The van der Waals surface area contributed by atoms with Crippen molar-refractivity contribution in [3.8, 4) is 6.07 Å². The molecule has 0 aromatic heterocycles. The second kappa shape index (κ2) is 10.2. The van der Waals surface area contributed by atoms with E-state index in [1.165, 1.54) is 18.2 Å². The van der Waals surface area contributed by atoms with E-state index in [0.29, 0.717) is 20.5 Å². The summed E-state index contributed by atoms with van der Waals surface area (Å²) in [7, 11) is -5.37. The molecule has 0 saturated carbocycles. The van der Waals surface area contributed by atoms with Crippen LogP contribution in [0.4, 0.5) is 24.5 Å². The summed E-state index contributed by atoms with van der Waals surface area (Å²) in [6, 6.07) is 13.1. The van der Waals surface area contributed by atoms with Gasteiger partial charge in [0.2, 0.25) is 0 Å². The summed E-state index contributed by atoms with van der Waals surface area (Å²) < 4.78 is 61.8. The number of sulfonamides is 1. The average molecular weight is 517 g/mol. The third-order valence-corrected chi connectivity index (χ3v) is 7.55. The van der Waals surface area contributed by atoms with E-state index >= 15 is 0 Å². The highest BCUT2D eigenvalue weighted by molar-refractivity contribution is 7.90. The highest BCUT2D eigenvalue weighted by atomic mass is 35.5. The number of hydrogen-bond acceptors (Lipinski definition) is 6. The molecule has 0 radical (unpaired) electrons. The van der Waals surface area contributed by atoms with Gasteiger partial charge in [0.15, 0.2) is 0 Å². The molecule has 3 rings (SSSR count). The molecular formula is C21H20ClF3N4O4S. The maximum Gasteiger partial charge on any atom is 0.511 e. The molecule has 0 amide bonds. The highest BCUT2D eigenvalue weighted by Gasteiger charge is 2.50. The number of nitrogens with zero attached hydrogens (tertiary/aromatic N) is 3. The van der Waals surface area contributed by atoms with Crippen LogP contribution in [0.2, 0.25) is 5.02 Å². The summed E-state index contributed by atoms with van der Waals surface area (Å²) >= 11 is 5.90. The van der Waals surface area contributed by atoms with E-state index in [0.717, 1.165) is 0 Å². The summed E-state index contributed by atoms with van der Waals surface area (Å²) in [5.41, 5.74) is -4.22. The van der Waals surface area contributed by atoms with E-state index in [1.807, 2.05) is 0 Å². The first kappa shape index (κ1) is 25.7. The van der Waals surface area contributed by atoms with Gasteiger partial charge in [-0.3, -0.25) is 10.1 Å². The van der Waals surface area contributed by atoms with E-state index in [-0.39, 0.29) is 49.8 Å². The lowest BCUT2D eigenvalue weighted by molar-refractivity contribution is -0.384. The van der Waals surface area contributed by atoms with Gasteiger partial charge in [-0.15, -0.1) is 0 Å². The Morgan fingerprint density at radius 1 is 1.18 bits per heavy atom. The van der Waals surface area contributed by atoms with Gasteiger partial charge in [-0.25, -0.2) is 8.42 Å². The van der Waals surface area contributed by atoms with Gasteiger partial charge in [-0.05, 0) is 48.1 Å². The summed E-state index contributed by atoms with van der Waals surface area (Å²) in [6.45, 7) is -0.380. The zero-order valence-electron chi connectivity index (χ0n) is 17.6. The molecule has 1 fully saturated rings. The van der Waals surface area contributed by atoms with Crippen LogP contribution in [0.25, 0.3) is 0 Å².